The lowest BCUT2D eigenvalue weighted by atomic mass is 9.89. The highest BCUT2D eigenvalue weighted by Gasteiger charge is 2.28. The lowest BCUT2D eigenvalue weighted by molar-refractivity contribution is -0.131. The quantitative estimate of drug-likeness (QED) is 0.642. The molecule has 3 aromatic rings. The predicted octanol–water partition coefficient (Wildman–Crippen LogP) is 4.59. The van der Waals surface area contributed by atoms with Crippen LogP contribution in [0.4, 0.5) is 0 Å². The van der Waals surface area contributed by atoms with E-state index in [2.05, 4.69) is 0 Å². The number of carbonyl (C=O) groups excluding carboxylic acids is 2. The van der Waals surface area contributed by atoms with E-state index in [0.717, 1.165) is 16.6 Å². The largest absolute Gasteiger partial charge is 0.366 e. The molecule has 0 spiro atoms. The maximum absolute atomic E-state index is 12.8. The molecular weight excluding hydrogens is 421 g/mol. The number of amides is 2. The van der Waals surface area contributed by atoms with E-state index in [9.17, 15) is 9.59 Å². The average Bonchev–Trinajstić information content (AvgIpc) is 2.75. The van der Waals surface area contributed by atoms with Crippen LogP contribution in [-0.2, 0) is 11.2 Å². The molecule has 154 valence electrons. The van der Waals surface area contributed by atoms with Gasteiger partial charge in [0.25, 0.3) is 5.91 Å². The van der Waals surface area contributed by atoms with E-state index in [0.29, 0.717) is 47.1 Å². The van der Waals surface area contributed by atoms with E-state index in [1.807, 2.05) is 35.2 Å². The fourth-order valence-electron chi connectivity index (χ4n) is 4.01. The zero-order valence-electron chi connectivity index (χ0n) is 16.3. The number of hydrogen-bond donors (Lipinski definition) is 1. The van der Waals surface area contributed by atoms with Crippen molar-refractivity contribution < 1.29 is 9.59 Å². The maximum Gasteiger partial charge on any atom is 0.250 e. The molecule has 2 aromatic carbocycles. The molecule has 0 radical (unpaired) electrons. The molecule has 0 saturated carbocycles. The maximum atomic E-state index is 12.8. The average molecular weight is 442 g/mol. The Morgan fingerprint density at radius 3 is 2.37 bits per heavy atom. The zero-order chi connectivity index (χ0) is 21.3. The zero-order valence-corrected chi connectivity index (χ0v) is 17.8. The SMILES string of the molecule is NC(=O)c1cc2ccccc2nc1C1CCN(C(=O)Cc2c(Cl)cccc2Cl)CC1. The summed E-state index contributed by atoms with van der Waals surface area (Å²) in [5.41, 5.74) is 8.31. The number of pyridine rings is 1. The number of aromatic nitrogens is 1. The fourth-order valence-corrected chi connectivity index (χ4v) is 4.54. The fraction of sp³-hybridized carbons (Fsp3) is 0.261. The smallest absolute Gasteiger partial charge is 0.250 e. The van der Waals surface area contributed by atoms with Gasteiger partial charge in [-0.15, -0.1) is 0 Å². The van der Waals surface area contributed by atoms with Gasteiger partial charge in [-0.05, 0) is 42.7 Å². The molecule has 0 aliphatic carbocycles. The van der Waals surface area contributed by atoms with Crippen LogP contribution in [0.25, 0.3) is 10.9 Å². The Morgan fingerprint density at radius 2 is 1.70 bits per heavy atom. The number of nitrogens with two attached hydrogens (primary N) is 1. The Bertz CT molecular complexity index is 1100. The number of benzene rings is 2. The highest BCUT2D eigenvalue weighted by Crippen LogP contribution is 2.32. The summed E-state index contributed by atoms with van der Waals surface area (Å²) in [6, 6.07) is 14.7. The van der Waals surface area contributed by atoms with Gasteiger partial charge in [-0.25, -0.2) is 0 Å². The summed E-state index contributed by atoms with van der Waals surface area (Å²) in [7, 11) is 0. The highest BCUT2D eigenvalue weighted by atomic mass is 35.5. The Balaban J connectivity index is 1.50. The van der Waals surface area contributed by atoms with Gasteiger partial charge in [-0.1, -0.05) is 47.5 Å². The minimum Gasteiger partial charge on any atom is -0.366 e. The number of rotatable bonds is 4. The normalized spacial score (nSPS) is 14.8. The minimum absolute atomic E-state index is 0.00922. The molecule has 2 N–H and O–H groups in total. The van der Waals surface area contributed by atoms with Crippen molar-refractivity contribution in [2.75, 3.05) is 13.1 Å². The van der Waals surface area contributed by atoms with Crippen molar-refractivity contribution in [1.29, 1.82) is 0 Å². The number of nitrogens with zero attached hydrogens (tertiary/aromatic N) is 2. The van der Waals surface area contributed by atoms with Crippen LogP contribution in [0, 0.1) is 0 Å². The van der Waals surface area contributed by atoms with Crippen molar-refractivity contribution in [3.05, 3.63) is 75.4 Å². The van der Waals surface area contributed by atoms with Gasteiger partial charge in [0.05, 0.1) is 23.2 Å². The third-order valence-corrected chi connectivity index (χ3v) is 6.35. The molecule has 1 aromatic heterocycles. The number of hydrogen-bond acceptors (Lipinski definition) is 3. The van der Waals surface area contributed by atoms with E-state index in [4.69, 9.17) is 33.9 Å². The molecule has 7 heteroatoms. The molecule has 0 unspecified atom stereocenters. The number of primary amides is 1. The van der Waals surface area contributed by atoms with Crippen LogP contribution in [-0.4, -0.2) is 34.8 Å². The molecule has 30 heavy (non-hydrogen) atoms. The summed E-state index contributed by atoms with van der Waals surface area (Å²) < 4.78 is 0. The molecule has 0 bridgehead atoms. The number of para-hydroxylation sites is 1. The molecule has 4 rings (SSSR count). The lowest BCUT2D eigenvalue weighted by Gasteiger charge is -2.32. The monoisotopic (exact) mass is 441 g/mol. The van der Waals surface area contributed by atoms with E-state index in [1.165, 1.54) is 0 Å². The summed E-state index contributed by atoms with van der Waals surface area (Å²) in [4.78, 5) is 31.4. The number of carbonyl (C=O) groups is 2. The van der Waals surface area contributed by atoms with Crippen LogP contribution in [0.3, 0.4) is 0 Å². The first-order chi connectivity index (χ1) is 14.4. The van der Waals surface area contributed by atoms with Crippen molar-refractivity contribution in [2.24, 2.45) is 5.73 Å². The molecule has 1 aliphatic rings. The second-order valence-electron chi connectivity index (χ2n) is 7.51. The van der Waals surface area contributed by atoms with E-state index < -0.39 is 5.91 Å². The van der Waals surface area contributed by atoms with Gasteiger partial charge >= 0.3 is 0 Å². The summed E-state index contributed by atoms with van der Waals surface area (Å²) in [5, 5.41) is 1.88. The van der Waals surface area contributed by atoms with Crippen LogP contribution in [0.5, 0.6) is 0 Å². The molecular formula is C23H21Cl2N3O2. The van der Waals surface area contributed by atoms with E-state index >= 15 is 0 Å². The second kappa shape index (κ2) is 8.62. The molecule has 5 nitrogen and oxygen atoms in total. The number of likely N-dealkylation sites (tertiary alicyclic amines) is 1. The molecule has 1 saturated heterocycles. The van der Waals surface area contributed by atoms with Gasteiger partial charge in [0.1, 0.15) is 0 Å². The highest BCUT2D eigenvalue weighted by molar-refractivity contribution is 6.36. The Morgan fingerprint density at radius 1 is 1.03 bits per heavy atom. The summed E-state index contributed by atoms with van der Waals surface area (Å²) in [6.07, 6.45) is 1.60. The third kappa shape index (κ3) is 4.13. The van der Waals surface area contributed by atoms with Gasteiger partial charge in [0.2, 0.25) is 5.91 Å². The first-order valence-corrected chi connectivity index (χ1v) is 10.6. The van der Waals surface area contributed by atoms with Gasteiger partial charge in [-0.2, -0.15) is 0 Å². The van der Waals surface area contributed by atoms with Crippen LogP contribution in [0.2, 0.25) is 10.0 Å². The lowest BCUT2D eigenvalue weighted by Crippen LogP contribution is -2.39. The predicted molar refractivity (Wildman–Crippen MR) is 119 cm³/mol. The molecule has 1 aliphatic heterocycles. The van der Waals surface area contributed by atoms with Crippen molar-refractivity contribution >= 4 is 45.9 Å². The van der Waals surface area contributed by atoms with Crippen molar-refractivity contribution in [1.82, 2.24) is 9.88 Å². The summed E-state index contributed by atoms with van der Waals surface area (Å²) in [6.45, 7) is 1.16. The van der Waals surface area contributed by atoms with Crippen molar-refractivity contribution in [3.8, 4) is 0 Å². The number of halogens is 2. The van der Waals surface area contributed by atoms with Crippen molar-refractivity contribution in [2.45, 2.75) is 25.2 Å². The summed E-state index contributed by atoms with van der Waals surface area (Å²) in [5.74, 6) is -0.412. The first-order valence-electron chi connectivity index (χ1n) is 9.84. The molecule has 2 heterocycles. The van der Waals surface area contributed by atoms with Crippen LogP contribution < -0.4 is 5.73 Å². The number of fused-ring (bicyclic) bond motifs is 1. The van der Waals surface area contributed by atoms with Crippen LogP contribution >= 0.6 is 23.2 Å². The van der Waals surface area contributed by atoms with E-state index in [1.54, 1.807) is 18.2 Å². The third-order valence-electron chi connectivity index (χ3n) is 5.64. The van der Waals surface area contributed by atoms with Gasteiger partial charge in [-0.3, -0.25) is 14.6 Å². The Labute approximate surface area is 184 Å². The topological polar surface area (TPSA) is 76.3 Å². The van der Waals surface area contributed by atoms with Gasteiger partial charge in [0, 0.05) is 34.4 Å². The summed E-state index contributed by atoms with van der Waals surface area (Å²) >= 11 is 12.4. The minimum atomic E-state index is -0.477. The second-order valence-corrected chi connectivity index (χ2v) is 8.32. The van der Waals surface area contributed by atoms with Gasteiger partial charge < -0.3 is 10.6 Å². The van der Waals surface area contributed by atoms with Gasteiger partial charge in [0.15, 0.2) is 0 Å². The van der Waals surface area contributed by atoms with Crippen molar-refractivity contribution in [3.63, 3.8) is 0 Å². The van der Waals surface area contributed by atoms with Crippen LogP contribution in [0.15, 0.2) is 48.5 Å². The first kappa shape index (κ1) is 20.6. The molecule has 0 atom stereocenters. The molecule has 2 amide bonds. The molecule has 1 fully saturated rings. The van der Waals surface area contributed by atoms with E-state index in [-0.39, 0.29) is 18.2 Å². The standard InChI is InChI=1S/C23H21Cl2N3O2/c24-18-5-3-6-19(25)16(18)13-21(29)28-10-8-14(9-11-28)22-17(23(26)30)12-15-4-1-2-7-20(15)27-22/h1-7,12,14H,8-11,13H2,(H2,26,30). The Hall–Kier alpha value is -2.63. The Kier molecular flexibility index (Phi) is 5.93. The van der Waals surface area contributed by atoms with Crippen LogP contribution in [0.1, 0.15) is 40.4 Å². The number of piperidine rings is 1.